The molecule has 0 aliphatic carbocycles. The monoisotopic (exact) mass is 614 g/mol. The van der Waals surface area contributed by atoms with E-state index in [0.717, 1.165) is 22.2 Å². The number of halogens is 2. The highest BCUT2D eigenvalue weighted by Crippen LogP contribution is 2.33. The molecule has 2 aliphatic heterocycles. The number of carbonyl (C=O) groups is 5. The maximum Gasteiger partial charge on any atom is 0.322 e. The number of hydrogen-bond acceptors (Lipinski definition) is 5. The average Bonchev–Trinajstić information content (AvgIpc) is 3.58. The van der Waals surface area contributed by atoms with Crippen LogP contribution in [0.4, 0.5) is 10.5 Å². The highest BCUT2D eigenvalue weighted by atomic mass is 35.5. The Morgan fingerprint density at radius 2 is 1.81 bits per heavy atom. The van der Waals surface area contributed by atoms with E-state index in [1.165, 1.54) is 15.9 Å². The quantitative estimate of drug-likeness (QED) is 0.273. The summed E-state index contributed by atoms with van der Waals surface area (Å²) in [6, 6.07) is 8.38. The molecule has 14 heteroatoms. The first kappa shape index (κ1) is 29.2. The van der Waals surface area contributed by atoms with Gasteiger partial charge in [0.25, 0.3) is 0 Å². The van der Waals surface area contributed by atoms with Crippen LogP contribution in [0.15, 0.2) is 42.5 Å². The predicted octanol–water partition coefficient (Wildman–Crippen LogP) is 2.87. The zero-order valence-corrected chi connectivity index (χ0v) is 23.7. The number of para-hydroxylation sites is 1. The van der Waals surface area contributed by atoms with Crippen molar-refractivity contribution >= 4 is 69.5 Å². The van der Waals surface area contributed by atoms with Crippen molar-refractivity contribution in [2.24, 2.45) is 5.73 Å². The zero-order chi connectivity index (χ0) is 30.1. The maximum absolute atomic E-state index is 14.1. The van der Waals surface area contributed by atoms with Gasteiger partial charge in [0, 0.05) is 35.2 Å². The number of rotatable bonds is 7. The van der Waals surface area contributed by atoms with Crippen LogP contribution in [-0.2, 0) is 32.1 Å². The summed E-state index contributed by atoms with van der Waals surface area (Å²) in [6.07, 6.45) is 0.318. The van der Waals surface area contributed by atoms with Crippen LogP contribution in [0.5, 0.6) is 0 Å². The highest BCUT2D eigenvalue weighted by molar-refractivity contribution is 6.42. The summed E-state index contributed by atoms with van der Waals surface area (Å²) >= 11 is 12.1. The first-order chi connectivity index (χ1) is 20.0. The van der Waals surface area contributed by atoms with E-state index in [0.29, 0.717) is 23.6 Å². The standard InChI is InChI=1S/C28H28Cl2N6O6/c29-17-8-7-14(10-18(17)30)32-28(42)36-13-21-16(15-4-1-2-5-19(15)33-21)11-23(36)27(41)35-9-3-6-22(35)26(40)34-20(25(31)39)12-24(37)38/h1-2,4-5,7-8,10,20,22-23,33H,3,6,9,11-13H2,(H2,31,39)(H,32,42)(H,34,40)(H,37,38)/t20-,22-,23+/m0/s1. The topological polar surface area (TPSA) is 178 Å². The number of carbonyl (C=O) groups excluding carboxylic acids is 4. The molecule has 1 saturated heterocycles. The number of primary amides is 1. The molecule has 0 saturated carbocycles. The van der Waals surface area contributed by atoms with E-state index in [2.05, 4.69) is 15.6 Å². The Kier molecular flexibility index (Phi) is 8.28. The van der Waals surface area contributed by atoms with Gasteiger partial charge in [0.2, 0.25) is 17.7 Å². The molecule has 3 atom stereocenters. The number of amides is 5. The summed E-state index contributed by atoms with van der Waals surface area (Å²) in [6.45, 7) is 0.344. The molecule has 0 unspecified atom stereocenters. The molecule has 0 bridgehead atoms. The SMILES string of the molecule is NC(=O)[C@H](CC(=O)O)NC(=O)[C@@H]1CCCN1C(=O)[C@H]1Cc2c([nH]c3ccccc23)CN1C(=O)Nc1ccc(Cl)c(Cl)c1. The number of hydrogen-bond donors (Lipinski definition) is 5. The lowest BCUT2D eigenvalue weighted by molar-refractivity contribution is -0.144. The first-order valence-electron chi connectivity index (χ1n) is 13.3. The second kappa shape index (κ2) is 11.9. The number of fused-ring (bicyclic) bond motifs is 3. The molecule has 1 fully saturated rings. The fourth-order valence-electron chi connectivity index (χ4n) is 5.57. The van der Waals surface area contributed by atoms with Gasteiger partial charge in [-0.05, 0) is 42.7 Å². The molecule has 3 heterocycles. The number of nitrogens with zero attached hydrogens (tertiary/aromatic N) is 2. The summed E-state index contributed by atoms with van der Waals surface area (Å²) in [7, 11) is 0. The number of H-pyrrole nitrogens is 1. The molecule has 1 aromatic heterocycles. The van der Waals surface area contributed by atoms with Gasteiger partial charge in [0.15, 0.2) is 0 Å². The zero-order valence-electron chi connectivity index (χ0n) is 22.2. The Labute approximate surface area is 250 Å². The highest BCUT2D eigenvalue weighted by Gasteiger charge is 2.43. The molecule has 42 heavy (non-hydrogen) atoms. The minimum absolute atomic E-state index is 0.0979. The van der Waals surface area contributed by atoms with Gasteiger partial charge in [0.1, 0.15) is 18.1 Å². The van der Waals surface area contributed by atoms with E-state index in [1.807, 2.05) is 24.3 Å². The molecule has 0 spiro atoms. The Morgan fingerprint density at radius 3 is 2.52 bits per heavy atom. The molecule has 2 aromatic carbocycles. The predicted molar refractivity (Wildman–Crippen MR) is 155 cm³/mol. The maximum atomic E-state index is 14.1. The van der Waals surface area contributed by atoms with Gasteiger partial charge in [-0.3, -0.25) is 19.2 Å². The molecule has 5 rings (SSSR count). The van der Waals surface area contributed by atoms with E-state index < -0.39 is 54.3 Å². The van der Waals surface area contributed by atoms with Crippen molar-refractivity contribution in [2.45, 2.75) is 50.4 Å². The van der Waals surface area contributed by atoms with Crippen LogP contribution in [0.25, 0.3) is 10.9 Å². The van der Waals surface area contributed by atoms with Crippen molar-refractivity contribution in [1.82, 2.24) is 20.1 Å². The number of carboxylic acids is 1. The lowest BCUT2D eigenvalue weighted by Gasteiger charge is -2.38. The largest absolute Gasteiger partial charge is 0.481 e. The van der Waals surface area contributed by atoms with Gasteiger partial charge in [-0.25, -0.2) is 4.79 Å². The van der Waals surface area contributed by atoms with Crippen LogP contribution >= 0.6 is 23.2 Å². The summed E-state index contributed by atoms with van der Waals surface area (Å²) in [5.74, 6) is -3.42. The van der Waals surface area contributed by atoms with Crippen molar-refractivity contribution in [3.63, 3.8) is 0 Å². The number of aromatic amines is 1. The Bertz CT molecular complexity index is 1590. The molecule has 12 nitrogen and oxygen atoms in total. The van der Waals surface area contributed by atoms with Crippen LogP contribution in [0.1, 0.15) is 30.5 Å². The number of benzene rings is 2. The average molecular weight is 615 g/mol. The Hall–Kier alpha value is -4.29. The van der Waals surface area contributed by atoms with Crippen molar-refractivity contribution in [3.8, 4) is 0 Å². The Morgan fingerprint density at radius 1 is 1.05 bits per heavy atom. The molecule has 3 aromatic rings. The number of anilines is 1. The molecule has 6 N–H and O–H groups in total. The summed E-state index contributed by atoms with van der Waals surface area (Å²) in [4.78, 5) is 70.0. The fourth-order valence-corrected chi connectivity index (χ4v) is 5.87. The van der Waals surface area contributed by atoms with E-state index >= 15 is 0 Å². The smallest absolute Gasteiger partial charge is 0.322 e. The van der Waals surface area contributed by atoms with Gasteiger partial charge in [-0.2, -0.15) is 0 Å². The third-order valence-electron chi connectivity index (χ3n) is 7.60. The number of carboxylic acid groups (broad SMARTS) is 1. The second-order valence-corrected chi connectivity index (χ2v) is 11.1. The first-order valence-corrected chi connectivity index (χ1v) is 14.0. The lowest BCUT2D eigenvalue weighted by Crippen LogP contribution is -2.58. The number of likely N-dealkylation sites (tertiary alicyclic amines) is 1. The van der Waals surface area contributed by atoms with Crippen LogP contribution in [0.2, 0.25) is 10.0 Å². The number of nitrogens with one attached hydrogen (secondary N) is 3. The Balaban J connectivity index is 1.43. The number of aliphatic carboxylic acids is 1. The fraction of sp³-hybridized carbons (Fsp3) is 0.321. The van der Waals surface area contributed by atoms with Gasteiger partial charge < -0.3 is 36.3 Å². The minimum atomic E-state index is -1.43. The number of nitrogens with two attached hydrogens (primary N) is 1. The summed E-state index contributed by atoms with van der Waals surface area (Å²) < 4.78 is 0. The molecular weight excluding hydrogens is 587 g/mol. The second-order valence-electron chi connectivity index (χ2n) is 10.3. The lowest BCUT2D eigenvalue weighted by atomic mass is 9.95. The third kappa shape index (κ3) is 5.86. The molecule has 2 aliphatic rings. The van der Waals surface area contributed by atoms with Gasteiger partial charge in [-0.1, -0.05) is 41.4 Å². The molecule has 5 amide bonds. The van der Waals surface area contributed by atoms with E-state index in [4.69, 9.17) is 34.0 Å². The van der Waals surface area contributed by atoms with E-state index in [1.54, 1.807) is 12.1 Å². The minimum Gasteiger partial charge on any atom is -0.481 e. The van der Waals surface area contributed by atoms with Crippen molar-refractivity contribution in [3.05, 3.63) is 63.8 Å². The van der Waals surface area contributed by atoms with Crippen LogP contribution in [0.3, 0.4) is 0 Å². The number of aromatic nitrogens is 1. The van der Waals surface area contributed by atoms with Crippen molar-refractivity contribution in [1.29, 1.82) is 0 Å². The normalized spacial score (nSPS) is 18.8. The molecular formula is C28H28Cl2N6O6. The molecule has 220 valence electrons. The van der Waals surface area contributed by atoms with Crippen LogP contribution in [-0.4, -0.2) is 74.3 Å². The van der Waals surface area contributed by atoms with Gasteiger partial charge >= 0.3 is 12.0 Å². The van der Waals surface area contributed by atoms with E-state index in [9.17, 15) is 24.0 Å². The van der Waals surface area contributed by atoms with Crippen molar-refractivity contribution < 1.29 is 29.1 Å². The molecule has 0 radical (unpaired) electrons. The number of urea groups is 1. The third-order valence-corrected chi connectivity index (χ3v) is 8.34. The van der Waals surface area contributed by atoms with Gasteiger partial charge in [0.05, 0.1) is 23.0 Å². The summed E-state index contributed by atoms with van der Waals surface area (Å²) in [5, 5.41) is 15.8. The van der Waals surface area contributed by atoms with Gasteiger partial charge in [-0.15, -0.1) is 0 Å². The van der Waals surface area contributed by atoms with Crippen LogP contribution in [0, 0.1) is 0 Å². The van der Waals surface area contributed by atoms with Crippen molar-refractivity contribution in [2.75, 3.05) is 11.9 Å². The summed E-state index contributed by atoms with van der Waals surface area (Å²) in [5.41, 5.74) is 8.24. The van der Waals surface area contributed by atoms with E-state index in [-0.39, 0.29) is 24.5 Å². The van der Waals surface area contributed by atoms with Crippen LogP contribution < -0.4 is 16.4 Å².